The number of esters is 1. The lowest BCUT2D eigenvalue weighted by Crippen LogP contribution is -2.53. The molecule has 0 amide bonds. The summed E-state index contributed by atoms with van der Waals surface area (Å²) >= 11 is 0. The molecular formula is C25H32O5. The predicted molar refractivity (Wildman–Crippen MR) is 111 cm³/mol. The van der Waals surface area contributed by atoms with Crippen molar-refractivity contribution in [2.24, 2.45) is 28.6 Å². The fourth-order valence-electron chi connectivity index (χ4n) is 7.51. The molecule has 0 unspecified atom stereocenters. The number of carbonyl (C=O) groups excluding carboxylic acids is 4. The third-order valence-electron chi connectivity index (χ3n) is 9.21. The lowest BCUT2D eigenvalue weighted by atomic mass is 9.47. The number of hydrogen-bond acceptors (Lipinski definition) is 5. The highest BCUT2D eigenvalue weighted by atomic mass is 16.6. The Labute approximate surface area is 178 Å². The van der Waals surface area contributed by atoms with Crippen LogP contribution < -0.4 is 0 Å². The van der Waals surface area contributed by atoms with Gasteiger partial charge in [0.05, 0.1) is 0 Å². The third-order valence-corrected chi connectivity index (χ3v) is 9.21. The van der Waals surface area contributed by atoms with Gasteiger partial charge in [0.15, 0.2) is 17.9 Å². The molecule has 4 aliphatic carbocycles. The maximum Gasteiger partial charge on any atom is 0.306 e. The minimum Gasteiger partial charge on any atom is -0.458 e. The third kappa shape index (κ3) is 2.53. The lowest BCUT2D eigenvalue weighted by molar-refractivity contribution is -0.161. The van der Waals surface area contributed by atoms with Crippen molar-refractivity contribution in [3.8, 4) is 0 Å². The fraction of sp³-hybridized carbons (Fsp3) is 0.680. The maximum absolute atomic E-state index is 12.7. The second-order valence-corrected chi connectivity index (χ2v) is 10.2. The van der Waals surface area contributed by atoms with Crippen LogP contribution in [0.2, 0.25) is 0 Å². The first-order chi connectivity index (χ1) is 13.7. The van der Waals surface area contributed by atoms with E-state index in [9.17, 15) is 19.2 Å². The number of fused-ring (bicyclic) bond motifs is 6. The Morgan fingerprint density at radius 3 is 2.60 bits per heavy atom. The fourth-order valence-corrected chi connectivity index (χ4v) is 7.51. The average Bonchev–Trinajstić information content (AvgIpc) is 3.22. The predicted octanol–water partition coefficient (Wildman–Crippen LogP) is 4.14. The molecule has 162 valence electrons. The monoisotopic (exact) mass is 412 g/mol. The molecule has 1 saturated heterocycles. The van der Waals surface area contributed by atoms with E-state index in [0.29, 0.717) is 25.5 Å². The zero-order chi connectivity index (χ0) is 20.6. The second kappa shape index (κ2) is 6.73. The first-order valence-electron chi connectivity index (χ1n) is 10.9. The Morgan fingerprint density at radius 1 is 1.17 bits per heavy atom. The van der Waals surface area contributed by atoms with E-state index < -0.39 is 11.5 Å². The highest BCUT2D eigenvalue weighted by Gasteiger charge is 2.67. The van der Waals surface area contributed by atoms with Gasteiger partial charge in [-0.2, -0.15) is 0 Å². The van der Waals surface area contributed by atoms with E-state index in [4.69, 9.17) is 4.74 Å². The minimum atomic E-state index is -0.439. The topological polar surface area (TPSA) is 77.5 Å². The zero-order valence-electron chi connectivity index (χ0n) is 17.2. The van der Waals surface area contributed by atoms with Crippen LogP contribution >= 0.6 is 0 Å². The number of ketones is 2. The van der Waals surface area contributed by atoms with Crippen LogP contribution in [0.4, 0.5) is 0 Å². The minimum absolute atomic E-state index is 0. The van der Waals surface area contributed by atoms with Gasteiger partial charge in [0, 0.05) is 29.6 Å². The van der Waals surface area contributed by atoms with Crippen LogP contribution in [0.3, 0.4) is 0 Å². The molecule has 0 bridgehead atoms. The number of allylic oxidation sites excluding steroid dienone is 4. The van der Waals surface area contributed by atoms with Crippen molar-refractivity contribution in [3.63, 3.8) is 0 Å². The molecule has 5 heteroatoms. The van der Waals surface area contributed by atoms with Gasteiger partial charge in [0.1, 0.15) is 5.60 Å². The van der Waals surface area contributed by atoms with Crippen molar-refractivity contribution in [2.45, 2.75) is 78.2 Å². The summed E-state index contributed by atoms with van der Waals surface area (Å²) < 4.78 is 5.95. The van der Waals surface area contributed by atoms with Gasteiger partial charge in [0.25, 0.3) is 0 Å². The van der Waals surface area contributed by atoms with E-state index in [2.05, 4.69) is 19.9 Å². The highest BCUT2D eigenvalue weighted by Crippen LogP contribution is 2.68. The van der Waals surface area contributed by atoms with E-state index in [0.717, 1.165) is 37.7 Å². The molecule has 0 N–H and O–H groups in total. The van der Waals surface area contributed by atoms with Gasteiger partial charge in [0.2, 0.25) is 0 Å². The van der Waals surface area contributed by atoms with Crippen LogP contribution in [0, 0.1) is 28.6 Å². The van der Waals surface area contributed by atoms with Crippen LogP contribution in [-0.2, 0) is 23.9 Å². The molecule has 0 radical (unpaired) electrons. The molecule has 1 spiro atoms. The number of hydrogen-bond donors (Lipinski definition) is 0. The Bertz CT molecular complexity index is 897. The molecule has 5 nitrogen and oxygen atoms in total. The van der Waals surface area contributed by atoms with Gasteiger partial charge in [-0.05, 0) is 56.4 Å². The first kappa shape index (κ1) is 21.2. The van der Waals surface area contributed by atoms with E-state index in [1.54, 1.807) is 6.08 Å². The lowest BCUT2D eigenvalue weighted by Gasteiger charge is -2.56. The van der Waals surface area contributed by atoms with E-state index in [1.165, 1.54) is 5.57 Å². The van der Waals surface area contributed by atoms with Crippen molar-refractivity contribution in [2.75, 3.05) is 0 Å². The van der Waals surface area contributed by atoms with Gasteiger partial charge < -0.3 is 4.74 Å². The summed E-state index contributed by atoms with van der Waals surface area (Å²) in [5, 5.41) is 0. The summed E-state index contributed by atoms with van der Waals surface area (Å²) in [6.45, 7) is 4.42. The summed E-state index contributed by atoms with van der Waals surface area (Å²) in [5.41, 5.74) is 1.40. The molecule has 1 aliphatic heterocycles. The molecule has 2 saturated carbocycles. The van der Waals surface area contributed by atoms with Crippen LogP contribution in [0.1, 0.15) is 72.6 Å². The molecule has 0 aromatic heterocycles. The normalized spacial score (nSPS) is 44.1. The first-order valence-corrected chi connectivity index (χ1v) is 10.9. The molecule has 5 aliphatic rings. The molecule has 30 heavy (non-hydrogen) atoms. The van der Waals surface area contributed by atoms with Crippen molar-refractivity contribution in [1.82, 2.24) is 0 Å². The summed E-state index contributed by atoms with van der Waals surface area (Å²) in [6, 6.07) is 0. The van der Waals surface area contributed by atoms with Crippen molar-refractivity contribution >= 4 is 23.8 Å². The van der Waals surface area contributed by atoms with E-state index >= 15 is 0 Å². The average molecular weight is 413 g/mol. The summed E-state index contributed by atoms with van der Waals surface area (Å²) in [4.78, 5) is 48.4. The summed E-state index contributed by atoms with van der Waals surface area (Å²) in [6.07, 6.45) is 10.0. The molecule has 3 fully saturated rings. The number of rotatable bonds is 2. The zero-order valence-corrected chi connectivity index (χ0v) is 17.2. The highest BCUT2D eigenvalue weighted by molar-refractivity contribution is 6.26. The van der Waals surface area contributed by atoms with Crippen LogP contribution in [0.5, 0.6) is 0 Å². The van der Waals surface area contributed by atoms with Crippen molar-refractivity contribution in [1.29, 1.82) is 0 Å². The Kier molecular flexibility index (Phi) is 4.76. The number of Topliss-reactive ketones (excluding diaryl/α,β-unsaturated/α-hetero) is 1. The molecule has 6 atom stereocenters. The van der Waals surface area contributed by atoms with E-state index in [-0.39, 0.29) is 47.6 Å². The summed E-state index contributed by atoms with van der Waals surface area (Å²) in [5.74, 6) is -0.587. The van der Waals surface area contributed by atoms with Crippen LogP contribution in [0.25, 0.3) is 0 Å². The molecule has 0 aromatic rings. The standard InChI is InChI=1S/C24H28O5.CH4/c1-22-7-3-15(26)11-14(22)12-16(19(27)13-25)21-17(22)4-8-23(2)18(21)5-9-24(23)10-6-20(28)29-24;/h4,11,13,16,18,21H,3,5-10,12H2,1-2H3;1H4/t16-,18-,21+,22-,23-,24+;/m0./s1. The second-order valence-electron chi connectivity index (χ2n) is 10.2. The van der Waals surface area contributed by atoms with Crippen LogP contribution in [0.15, 0.2) is 23.3 Å². The molecule has 0 aromatic carbocycles. The molecule has 1 heterocycles. The SMILES string of the molecule is C.C[C@]12CCC(=O)C=C1C[C@@H](C(=O)C=O)[C@@H]1C2=CC[C@@]2(C)[C@H]1CC[C@@]21CCC(=O)O1. The molecular weight excluding hydrogens is 380 g/mol. The Hall–Kier alpha value is -2.04. The molecule has 5 rings (SSSR count). The Morgan fingerprint density at radius 2 is 1.93 bits per heavy atom. The van der Waals surface area contributed by atoms with Gasteiger partial charge >= 0.3 is 5.97 Å². The largest absolute Gasteiger partial charge is 0.458 e. The van der Waals surface area contributed by atoms with Gasteiger partial charge in [-0.1, -0.05) is 38.5 Å². The van der Waals surface area contributed by atoms with Gasteiger partial charge in [-0.25, -0.2) is 0 Å². The van der Waals surface area contributed by atoms with Crippen molar-refractivity contribution < 1.29 is 23.9 Å². The summed E-state index contributed by atoms with van der Waals surface area (Å²) in [7, 11) is 0. The van der Waals surface area contributed by atoms with Crippen LogP contribution in [-0.4, -0.2) is 29.4 Å². The van der Waals surface area contributed by atoms with E-state index in [1.807, 2.05) is 0 Å². The number of aldehydes is 1. The number of ether oxygens (including phenoxy) is 1. The van der Waals surface area contributed by atoms with Gasteiger partial charge in [-0.15, -0.1) is 0 Å². The van der Waals surface area contributed by atoms with Crippen molar-refractivity contribution in [3.05, 3.63) is 23.3 Å². The Balaban J connectivity index is 0.00000218. The maximum atomic E-state index is 12.7. The number of carbonyl (C=O) groups is 4. The smallest absolute Gasteiger partial charge is 0.306 e. The quantitative estimate of drug-likeness (QED) is 0.295. The van der Waals surface area contributed by atoms with Gasteiger partial charge in [-0.3, -0.25) is 19.2 Å².